The number of carbonyl (C=O) groups is 3. The Bertz CT molecular complexity index is 857. The summed E-state index contributed by atoms with van der Waals surface area (Å²) < 4.78 is 10.8. The minimum absolute atomic E-state index is 0.00241. The third-order valence-corrected chi connectivity index (χ3v) is 4.86. The monoisotopic (exact) mass is 389 g/mol. The molecule has 9 nitrogen and oxygen atoms in total. The number of hydrogen-bond donors (Lipinski definition) is 1. The first-order valence-electron chi connectivity index (χ1n) is 9.10. The fraction of sp³-hybridized carbons (Fsp3) is 0.474. The highest BCUT2D eigenvalue weighted by Crippen LogP contribution is 2.22. The van der Waals surface area contributed by atoms with Crippen molar-refractivity contribution in [3.05, 3.63) is 29.9 Å². The predicted octanol–water partition coefficient (Wildman–Crippen LogP) is 1.57. The Balaban J connectivity index is 1.57. The number of rotatable bonds is 6. The van der Waals surface area contributed by atoms with Crippen LogP contribution in [0.2, 0.25) is 0 Å². The number of carboxylic acids is 1. The van der Waals surface area contributed by atoms with Gasteiger partial charge in [0.15, 0.2) is 5.76 Å². The van der Waals surface area contributed by atoms with E-state index in [4.69, 9.17) is 13.9 Å². The molecule has 0 bridgehead atoms. The van der Waals surface area contributed by atoms with Crippen molar-refractivity contribution in [1.29, 1.82) is 0 Å². The third-order valence-electron chi connectivity index (χ3n) is 4.86. The SMILES string of the molecule is Cc1oc(-c2ccco2)nc1CC(=O)N(C)CC(=O)N1CCCC(C(=O)O)C1. The summed E-state index contributed by atoms with van der Waals surface area (Å²) in [6.45, 7) is 2.31. The van der Waals surface area contributed by atoms with E-state index in [2.05, 4.69) is 4.98 Å². The molecule has 0 saturated carbocycles. The Hall–Kier alpha value is -3.10. The highest BCUT2D eigenvalue weighted by molar-refractivity contribution is 5.86. The van der Waals surface area contributed by atoms with Crippen molar-refractivity contribution in [2.75, 3.05) is 26.7 Å². The standard InChI is InChI=1S/C19H23N3O6/c1-12-14(20-18(28-12)15-6-4-8-27-15)9-16(23)21(2)11-17(24)22-7-3-5-13(10-22)19(25)26/h4,6,8,13H,3,5,7,9-11H2,1-2H3,(H,25,26). The summed E-state index contributed by atoms with van der Waals surface area (Å²) in [5.74, 6) is -0.676. The molecule has 1 saturated heterocycles. The smallest absolute Gasteiger partial charge is 0.308 e. The number of nitrogens with zero attached hydrogens (tertiary/aromatic N) is 3. The number of aliphatic carboxylic acids is 1. The van der Waals surface area contributed by atoms with Crippen LogP contribution in [-0.2, 0) is 20.8 Å². The maximum atomic E-state index is 12.5. The summed E-state index contributed by atoms with van der Waals surface area (Å²) in [6, 6.07) is 3.43. The number of amides is 2. The van der Waals surface area contributed by atoms with E-state index < -0.39 is 11.9 Å². The lowest BCUT2D eigenvalue weighted by molar-refractivity contribution is -0.147. The normalized spacial score (nSPS) is 16.8. The molecule has 1 aliphatic rings. The maximum Gasteiger partial charge on any atom is 0.308 e. The van der Waals surface area contributed by atoms with Gasteiger partial charge < -0.3 is 23.7 Å². The van der Waals surface area contributed by atoms with Crippen molar-refractivity contribution in [1.82, 2.24) is 14.8 Å². The maximum absolute atomic E-state index is 12.5. The van der Waals surface area contributed by atoms with Crippen molar-refractivity contribution in [3.63, 3.8) is 0 Å². The lowest BCUT2D eigenvalue weighted by Crippen LogP contribution is -2.47. The van der Waals surface area contributed by atoms with Gasteiger partial charge >= 0.3 is 5.97 Å². The molecular weight excluding hydrogens is 366 g/mol. The van der Waals surface area contributed by atoms with E-state index >= 15 is 0 Å². The zero-order chi connectivity index (χ0) is 20.3. The van der Waals surface area contributed by atoms with Gasteiger partial charge in [-0.15, -0.1) is 0 Å². The number of likely N-dealkylation sites (N-methyl/N-ethyl adjacent to an activating group) is 1. The van der Waals surface area contributed by atoms with Crippen molar-refractivity contribution in [2.24, 2.45) is 5.92 Å². The van der Waals surface area contributed by atoms with Gasteiger partial charge in [0, 0.05) is 20.1 Å². The van der Waals surface area contributed by atoms with Gasteiger partial charge in [-0.05, 0) is 31.9 Å². The minimum atomic E-state index is -0.893. The van der Waals surface area contributed by atoms with Crippen molar-refractivity contribution in [2.45, 2.75) is 26.2 Å². The van der Waals surface area contributed by atoms with Crippen LogP contribution in [0.15, 0.2) is 27.2 Å². The Labute approximate surface area is 161 Å². The fourth-order valence-electron chi connectivity index (χ4n) is 3.17. The molecule has 2 aromatic heterocycles. The Kier molecular flexibility index (Phi) is 5.81. The number of furan rings is 1. The Morgan fingerprint density at radius 2 is 2.18 bits per heavy atom. The summed E-state index contributed by atoms with van der Waals surface area (Å²) in [5, 5.41) is 9.14. The molecule has 0 aliphatic carbocycles. The van der Waals surface area contributed by atoms with Crippen LogP contribution in [0.4, 0.5) is 0 Å². The first-order valence-corrected chi connectivity index (χ1v) is 9.10. The molecule has 1 fully saturated rings. The first kappa shape index (κ1) is 19.7. The Morgan fingerprint density at radius 3 is 2.86 bits per heavy atom. The average Bonchev–Trinajstić information content (AvgIpc) is 3.32. The van der Waals surface area contributed by atoms with Crippen molar-refractivity contribution in [3.8, 4) is 11.7 Å². The summed E-state index contributed by atoms with van der Waals surface area (Å²) >= 11 is 0. The van der Waals surface area contributed by atoms with Crippen LogP contribution in [-0.4, -0.2) is 64.4 Å². The lowest BCUT2D eigenvalue weighted by atomic mass is 9.98. The van der Waals surface area contributed by atoms with Crippen molar-refractivity contribution >= 4 is 17.8 Å². The molecule has 1 atom stereocenters. The average molecular weight is 389 g/mol. The van der Waals surface area contributed by atoms with Crippen LogP contribution in [0, 0.1) is 12.8 Å². The highest BCUT2D eigenvalue weighted by Gasteiger charge is 2.29. The van der Waals surface area contributed by atoms with E-state index in [-0.39, 0.29) is 31.3 Å². The molecule has 3 heterocycles. The quantitative estimate of drug-likeness (QED) is 0.797. The number of likely N-dealkylation sites (tertiary alicyclic amines) is 1. The molecule has 0 aromatic carbocycles. The van der Waals surface area contributed by atoms with Gasteiger partial charge in [0.25, 0.3) is 5.89 Å². The van der Waals surface area contributed by atoms with Gasteiger partial charge in [0.2, 0.25) is 11.8 Å². The van der Waals surface area contributed by atoms with E-state index in [0.717, 1.165) is 0 Å². The van der Waals surface area contributed by atoms with Gasteiger partial charge in [-0.3, -0.25) is 14.4 Å². The lowest BCUT2D eigenvalue weighted by Gasteiger charge is -2.32. The second-order valence-electron chi connectivity index (χ2n) is 6.94. The fourth-order valence-corrected chi connectivity index (χ4v) is 3.17. The molecule has 9 heteroatoms. The molecule has 28 heavy (non-hydrogen) atoms. The molecule has 2 aromatic rings. The zero-order valence-corrected chi connectivity index (χ0v) is 15.9. The highest BCUT2D eigenvalue weighted by atomic mass is 16.4. The second-order valence-corrected chi connectivity index (χ2v) is 6.94. The number of oxazole rings is 1. The molecule has 3 rings (SSSR count). The van der Waals surface area contributed by atoms with E-state index in [9.17, 15) is 14.4 Å². The van der Waals surface area contributed by atoms with Gasteiger partial charge in [-0.2, -0.15) is 0 Å². The first-order chi connectivity index (χ1) is 13.3. The van der Waals surface area contributed by atoms with Crippen LogP contribution in [0.5, 0.6) is 0 Å². The van der Waals surface area contributed by atoms with E-state index in [1.165, 1.54) is 16.1 Å². The van der Waals surface area contributed by atoms with Gasteiger partial charge in [-0.1, -0.05) is 0 Å². The van der Waals surface area contributed by atoms with Crippen LogP contribution in [0.3, 0.4) is 0 Å². The molecule has 1 N–H and O–H groups in total. The Morgan fingerprint density at radius 1 is 1.39 bits per heavy atom. The third kappa shape index (κ3) is 4.41. The van der Waals surface area contributed by atoms with Crippen LogP contribution in [0.1, 0.15) is 24.3 Å². The molecule has 1 unspecified atom stereocenters. The van der Waals surface area contributed by atoms with Gasteiger partial charge in [0.1, 0.15) is 5.76 Å². The number of aromatic nitrogens is 1. The van der Waals surface area contributed by atoms with E-state index in [0.29, 0.717) is 42.5 Å². The predicted molar refractivity (Wildman–Crippen MR) is 97.2 cm³/mol. The largest absolute Gasteiger partial charge is 0.481 e. The summed E-state index contributed by atoms with van der Waals surface area (Å²) in [4.78, 5) is 43.3. The molecule has 0 radical (unpaired) electrons. The van der Waals surface area contributed by atoms with Crippen LogP contribution >= 0.6 is 0 Å². The van der Waals surface area contributed by atoms with E-state index in [1.807, 2.05) is 0 Å². The zero-order valence-electron chi connectivity index (χ0n) is 15.9. The summed E-state index contributed by atoms with van der Waals surface area (Å²) in [5.41, 5.74) is 0.486. The number of carboxylic acid groups (broad SMARTS) is 1. The van der Waals surface area contributed by atoms with Crippen LogP contribution in [0.25, 0.3) is 11.7 Å². The second kappa shape index (κ2) is 8.28. The van der Waals surface area contributed by atoms with Gasteiger partial charge in [0.05, 0.1) is 30.8 Å². The van der Waals surface area contributed by atoms with Gasteiger partial charge in [-0.25, -0.2) is 4.98 Å². The molecule has 2 amide bonds. The number of aryl methyl sites for hydroxylation is 1. The van der Waals surface area contributed by atoms with Crippen molar-refractivity contribution < 1.29 is 28.3 Å². The molecule has 150 valence electrons. The van der Waals surface area contributed by atoms with E-state index in [1.54, 1.807) is 26.1 Å². The summed E-state index contributed by atoms with van der Waals surface area (Å²) in [6.07, 6.45) is 2.72. The molecule has 1 aliphatic heterocycles. The molecular formula is C19H23N3O6. The minimum Gasteiger partial charge on any atom is -0.481 e. The summed E-state index contributed by atoms with van der Waals surface area (Å²) in [7, 11) is 1.54. The number of carbonyl (C=O) groups excluding carboxylic acids is 2. The molecule has 0 spiro atoms. The number of piperidine rings is 1. The van der Waals surface area contributed by atoms with Crippen LogP contribution < -0.4 is 0 Å². The number of hydrogen-bond acceptors (Lipinski definition) is 6. The topological polar surface area (TPSA) is 117 Å².